The van der Waals surface area contributed by atoms with Gasteiger partial charge >= 0.3 is 22.3 Å². The molecular weight excluding hydrogens is 320 g/mol. The number of hydrogen-bond acceptors (Lipinski definition) is 6. The average molecular weight is 334 g/mol. The quantitative estimate of drug-likeness (QED) is 0.854. The minimum atomic E-state index is -4.80. The lowest BCUT2D eigenvalue weighted by atomic mass is 10.1. The summed E-state index contributed by atoms with van der Waals surface area (Å²) < 4.78 is 31.9. The van der Waals surface area contributed by atoms with Crippen molar-refractivity contribution < 1.29 is 26.4 Å². The molecule has 0 amide bonds. The molecule has 23 heavy (non-hydrogen) atoms. The molecule has 0 saturated heterocycles. The molecule has 0 N–H and O–H groups in total. The van der Waals surface area contributed by atoms with Crippen LogP contribution in [-0.4, -0.2) is 20.4 Å². The van der Waals surface area contributed by atoms with Gasteiger partial charge in [0.05, 0.1) is 11.1 Å². The summed E-state index contributed by atoms with van der Waals surface area (Å²) in [5.41, 5.74) is 1.60. The Morgan fingerprint density at radius 2 is 1.17 bits per heavy atom. The van der Waals surface area contributed by atoms with Crippen molar-refractivity contribution in [3.63, 3.8) is 0 Å². The van der Waals surface area contributed by atoms with Crippen LogP contribution < -0.4 is 0 Å². The Kier molecular flexibility index (Phi) is 4.80. The van der Waals surface area contributed by atoms with E-state index in [9.17, 15) is 18.0 Å². The van der Waals surface area contributed by atoms with Crippen molar-refractivity contribution in [1.29, 1.82) is 0 Å². The van der Waals surface area contributed by atoms with E-state index < -0.39 is 22.3 Å². The zero-order chi connectivity index (χ0) is 17.0. The van der Waals surface area contributed by atoms with E-state index in [1.165, 1.54) is 24.3 Å². The number of carbonyl (C=O) groups excluding carboxylic acids is 2. The topological polar surface area (TPSA) is 86.7 Å². The smallest absolute Gasteiger partial charge is 0.311 e. The highest BCUT2D eigenvalue weighted by molar-refractivity contribution is 7.82. The fourth-order valence-corrected chi connectivity index (χ4v) is 2.44. The minimum absolute atomic E-state index is 0.0418. The second-order valence-corrected chi connectivity index (χ2v) is 6.04. The molecule has 120 valence electrons. The summed E-state index contributed by atoms with van der Waals surface area (Å²) in [6, 6.07) is 12.3. The molecule has 0 saturated carbocycles. The van der Waals surface area contributed by atoms with Crippen LogP contribution in [0.15, 0.2) is 48.5 Å². The van der Waals surface area contributed by atoms with Gasteiger partial charge in [0.25, 0.3) is 0 Å². The van der Waals surface area contributed by atoms with E-state index in [0.717, 1.165) is 11.1 Å². The summed E-state index contributed by atoms with van der Waals surface area (Å²) in [7, 11) is -4.80. The van der Waals surface area contributed by atoms with E-state index in [2.05, 4.69) is 8.37 Å². The average Bonchev–Trinajstić information content (AvgIpc) is 2.46. The molecule has 0 aromatic heterocycles. The van der Waals surface area contributed by atoms with Crippen molar-refractivity contribution >= 4 is 22.3 Å². The summed E-state index contributed by atoms with van der Waals surface area (Å²) >= 11 is 0. The maximum atomic E-state index is 11.8. The highest BCUT2D eigenvalue weighted by Gasteiger charge is 2.25. The fraction of sp³-hybridized carbons (Fsp3) is 0.125. The lowest BCUT2D eigenvalue weighted by Crippen LogP contribution is -2.19. The number of carbonyl (C=O) groups is 2. The van der Waals surface area contributed by atoms with E-state index >= 15 is 0 Å². The molecule has 0 aliphatic heterocycles. The monoisotopic (exact) mass is 334 g/mol. The Hall–Kier alpha value is -2.67. The summed E-state index contributed by atoms with van der Waals surface area (Å²) in [4.78, 5) is 23.6. The fourth-order valence-electron chi connectivity index (χ4n) is 1.84. The van der Waals surface area contributed by atoms with Gasteiger partial charge in [-0.3, -0.25) is 0 Å². The Morgan fingerprint density at radius 3 is 1.52 bits per heavy atom. The zero-order valence-corrected chi connectivity index (χ0v) is 13.3. The first-order valence-electron chi connectivity index (χ1n) is 6.63. The van der Waals surface area contributed by atoms with Gasteiger partial charge in [-0.2, -0.15) is 0 Å². The summed E-state index contributed by atoms with van der Waals surface area (Å²) in [6.07, 6.45) is 0. The predicted octanol–water partition coefficient (Wildman–Crippen LogP) is 2.56. The van der Waals surface area contributed by atoms with Crippen LogP contribution >= 0.6 is 0 Å². The van der Waals surface area contributed by atoms with Gasteiger partial charge in [-0.15, -0.1) is 8.42 Å². The van der Waals surface area contributed by atoms with Gasteiger partial charge in [0.15, 0.2) is 0 Å². The Bertz CT molecular complexity index is 789. The molecule has 2 aromatic carbocycles. The van der Waals surface area contributed by atoms with Crippen molar-refractivity contribution in [1.82, 2.24) is 0 Å². The van der Waals surface area contributed by atoms with Gasteiger partial charge in [0.1, 0.15) is 0 Å². The third-order valence-electron chi connectivity index (χ3n) is 2.86. The van der Waals surface area contributed by atoms with E-state index in [-0.39, 0.29) is 11.1 Å². The van der Waals surface area contributed by atoms with Crippen molar-refractivity contribution in [3.8, 4) is 0 Å². The SMILES string of the molecule is Cc1cccc(C(=O)OS(=O)(=O)OC(=O)c2cccc(C)c2)c1. The number of benzene rings is 2. The van der Waals surface area contributed by atoms with Crippen molar-refractivity contribution in [2.75, 3.05) is 0 Å². The van der Waals surface area contributed by atoms with Crippen molar-refractivity contribution in [3.05, 3.63) is 70.8 Å². The molecule has 0 aliphatic carbocycles. The maximum Gasteiger partial charge on any atom is 0.506 e. The van der Waals surface area contributed by atoms with Crippen LogP contribution in [0.3, 0.4) is 0 Å². The van der Waals surface area contributed by atoms with Crippen molar-refractivity contribution in [2.24, 2.45) is 0 Å². The van der Waals surface area contributed by atoms with E-state index in [0.29, 0.717) is 0 Å². The summed E-state index contributed by atoms with van der Waals surface area (Å²) in [6.45, 7) is 3.48. The first-order valence-corrected chi connectivity index (χ1v) is 7.96. The maximum absolute atomic E-state index is 11.8. The molecule has 0 unspecified atom stereocenters. The van der Waals surface area contributed by atoms with Gasteiger partial charge in [0.2, 0.25) is 0 Å². The van der Waals surface area contributed by atoms with Crippen molar-refractivity contribution in [2.45, 2.75) is 13.8 Å². The Morgan fingerprint density at radius 1 is 0.783 bits per heavy atom. The zero-order valence-electron chi connectivity index (χ0n) is 12.5. The molecule has 6 nitrogen and oxygen atoms in total. The van der Waals surface area contributed by atoms with E-state index in [4.69, 9.17) is 0 Å². The van der Waals surface area contributed by atoms with Gasteiger partial charge < -0.3 is 8.37 Å². The third kappa shape index (κ3) is 4.65. The van der Waals surface area contributed by atoms with Gasteiger partial charge in [-0.05, 0) is 38.1 Å². The molecule has 0 spiro atoms. The van der Waals surface area contributed by atoms with Crippen LogP contribution in [0.1, 0.15) is 31.8 Å². The van der Waals surface area contributed by atoms with Gasteiger partial charge in [-0.25, -0.2) is 9.59 Å². The molecule has 0 bridgehead atoms. The normalized spacial score (nSPS) is 10.9. The van der Waals surface area contributed by atoms with Crippen LogP contribution in [0, 0.1) is 13.8 Å². The predicted molar refractivity (Wildman–Crippen MR) is 82.1 cm³/mol. The molecule has 0 fully saturated rings. The standard InChI is InChI=1S/C16H14O6S/c1-11-5-3-7-13(9-11)15(17)21-23(19,20)22-16(18)14-8-4-6-12(2)10-14/h3-10H,1-2H3. The highest BCUT2D eigenvalue weighted by Crippen LogP contribution is 2.12. The number of rotatable bonds is 4. The van der Waals surface area contributed by atoms with Crippen LogP contribution in [0.5, 0.6) is 0 Å². The summed E-state index contributed by atoms with van der Waals surface area (Å²) in [5, 5.41) is 0. The molecule has 2 aromatic rings. The summed E-state index contributed by atoms with van der Waals surface area (Å²) in [5.74, 6) is -2.24. The van der Waals surface area contributed by atoms with E-state index in [1.807, 2.05) is 0 Å². The second kappa shape index (κ2) is 6.62. The molecule has 0 aliphatic rings. The minimum Gasteiger partial charge on any atom is -0.311 e. The first kappa shape index (κ1) is 16.7. The molecular formula is C16H14O6S. The first-order chi connectivity index (χ1) is 10.8. The molecule has 0 radical (unpaired) electrons. The molecule has 0 heterocycles. The lowest BCUT2D eigenvalue weighted by molar-refractivity contribution is 0.0647. The lowest BCUT2D eigenvalue weighted by Gasteiger charge is -2.06. The number of hydrogen-bond donors (Lipinski definition) is 0. The van der Waals surface area contributed by atoms with Crippen LogP contribution in [0.25, 0.3) is 0 Å². The van der Waals surface area contributed by atoms with Gasteiger partial charge in [0, 0.05) is 0 Å². The number of aryl methyl sites for hydroxylation is 2. The molecule has 2 rings (SSSR count). The highest BCUT2D eigenvalue weighted by atomic mass is 32.3. The third-order valence-corrected chi connectivity index (χ3v) is 3.57. The second-order valence-electron chi connectivity index (χ2n) is 4.89. The van der Waals surface area contributed by atoms with Crippen LogP contribution in [0.4, 0.5) is 0 Å². The van der Waals surface area contributed by atoms with Crippen LogP contribution in [0.2, 0.25) is 0 Å². The molecule has 7 heteroatoms. The van der Waals surface area contributed by atoms with Crippen LogP contribution in [-0.2, 0) is 18.8 Å². The Balaban J connectivity index is 2.10. The Labute approximate surface area is 134 Å². The van der Waals surface area contributed by atoms with E-state index in [1.54, 1.807) is 38.1 Å². The largest absolute Gasteiger partial charge is 0.506 e. The molecule has 0 atom stereocenters. The van der Waals surface area contributed by atoms with Gasteiger partial charge in [-0.1, -0.05) is 35.4 Å².